The van der Waals surface area contributed by atoms with Gasteiger partial charge in [0.25, 0.3) is 0 Å². The summed E-state index contributed by atoms with van der Waals surface area (Å²) in [6.07, 6.45) is 9.89. The van der Waals surface area contributed by atoms with Crippen LogP contribution in [0.25, 0.3) is 0 Å². The number of hydrogen-bond donors (Lipinski definition) is 2. The zero-order valence-corrected chi connectivity index (χ0v) is 11.1. The number of carboxylic acids is 1. The van der Waals surface area contributed by atoms with E-state index < -0.39 is 12.1 Å². The van der Waals surface area contributed by atoms with Gasteiger partial charge in [0, 0.05) is 19.4 Å². The minimum Gasteiger partial charge on any atom is -0.481 e. The van der Waals surface area contributed by atoms with Crippen LogP contribution in [0.5, 0.6) is 0 Å². The number of rotatable bonds is 4. The Bertz CT molecular complexity index is 434. The molecule has 0 aliphatic heterocycles. The summed E-state index contributed by atoms with van der Waals surface area (Å²) >= 11 is 0. The number of fused-ring (bicyclic) bond motifs is 1. The van der Waals surface area contributed by atoms with E-state index in [0.717, 1.165) is 18.4 Å². The molecule has 2 saturated carbocycles. The van der Waals surface area contributed by atoms with Gasteiger partial charge in [-0.25, -0.2) is 0 Å². The fourth-order valence-corrected chi connectivity index (χ4v) is 3.49. The van der Waals surface area contributed by atoms with Crippen LogP contribution in [0, 0.1) is 24.2 Å². The molecule has 2 fully saturated rings. The number of carboxylic acid groups (broad SMARTS) is 1. The molecule has 19 heavy (non-hydrogen) atoms. The second-order valence-electron chi connectivity index (χ2n) is 5.36. The largest absolute Gasteiger partial charge is 0.481 e. The van der Waals surface area contributed by atoms with Gasteiger partial charge in [-0.2, -0.15) is 0 Å². The van der Waals surface area contributed by atoms with Gasteiger partial charge in [-0.1, -0.05) is 6.08 Å². The van der Waals surface area contributed by atoms with Crippen molar-refractivity contribution in [1.29, 1.82) is 0 Å². The van der Waals surface area contributed by atoms with Crippen molar-refractivity contribution in [3.63, 3.8) is 0 Å². The number of terminal acetylenes is 1. The van der Waals surface area contributed by atoms with E-state index in [2.05, 4.69) is 5.92 Å². The summed E-state index contributed by atoms with van der Waals surface area (Å²) in [7, 11) is 1.67. The van der Waals surface area contributed by atoms with Crippen molar-refractivity contribution < 1.29 is 19.7 Å². The average Bonchev–Trinajstić information content (AvgIpc) is 2.36. The SMILES string of the molecule is C#CC1C(O)CCC2(OC)C(=CCCC(=O)O)CC12. The van der Waals surface area contributed by atoms with Gasteiger partial charge < -0.3 is 14.9 Å². The van der Waals surface area contributed by atoms with E-state index in [1.54, 1.807) is 7.11 Å². The van der Waals surface area contributed by atoms with E-state index in [0.29, 0.717) is 12.8 Å². The highest BCUT2D eigenvalue weighted by molar-refractivity contribution is 5.66. The van der Waals surface area contributed by atoms with E-state index in [4.69, 9.17) is 16.3 Å². The zero-order valence-electron chi connectivity index (χ0n) is 11.1. The van der Waals surface area contributed by atoms with E-state index in [1.165, 1.54) is 0 Å². The lowest BCUT2D eigenvalue weighted by atomic mass is 9.53. The number of allylic oxidation sites excluding steroid dienone is 1. The quantitative estimate of drug-likeness (QED) is 0.597. The van der Waals surface area contributed by atoms with Crippen LogP contribution in [0.4, 0.5) is 0 Å². The summed E-state index contributed by atoms with van der Waals surface area (Å²) in [6, 6.07) is 0. The first-order valence-corrected chi connectivity index (χ1v) is 6.66. The number of aliphatic hydroxyl groups excluding tert-OH is 1. The van der Waals surface area contributed by atoms with Crippen LogP contribution in [0.3, 0.4) is 0 Å². The molecule has 2 N–H and O–H groups in total. The Labute approximate surface area is 113 Å². The summed E-state index contributed by atoms with van der Waals surface area (Å²) in [6.45, 7) is 0. The van der Waals surface area contributed by atoms with Gasteiger partial charge >= 0.3 is 5.97 Å². The molecule has 2 aliphatic carbocycles. The maximum atomic E-state index is 10.5. The van der Waals surface area contributed by atoms with Crippen LogP contribution in [0.15, 0.2) is 11.6 Å². The molecule has 104 valence electrons. The molecule has 4 heteroatoms. The second kappa shape index (κ2) is 5.36. The maximum Gasteiger partial charge on any atom is 0.303 e. The average molecular weight is 264 g/mol. The smallest absolute Gasteiger partial charge is 0.303 e. The summed E-state index contributed by atoms with van der Waals surface area (Å²) in [5, 5.41) is 18.6. The predicted molar refractivity (Wildman–Crippen MR) is 70.4 cm³/mol. The Balaban J connectivity index is 2.12. The van der Waals surface area contributed by atoms with Crippen LogP contribution in [0.2, 0.25) is 0 Å². The van der Waals surface area contributed by atoms with Crippen molar-refractivity contribution in [2.24, 2.45) is 11.8 Å². The minimum atomic E-state index is -0.792. The Morgan fingerprint density at radius 3 is 3.00 bits per heavy atom. The van der Waals surface area contributed by atoms with Crippen molar-refractivity contribution >= 4 is 5.97 Å². The molecular weight excluding hydrogens is 244 g/mol. The van der Waals surface area contributed by atoms with Crippen molar-refractivity contribution in [1.82, 2.24) is 0 Å². The van der Waals surface area contributed by atoms with Gasteiger partial charge in [-0.15, -0.1) is 12.3 Å². The molecule has 4 atom stereocenters. The Kier molecular flexibility index (Phi) is 3.98. The molecule has 4 unspecified atom stereocenters. The molecule has 0 aromatic heterocycles. The third kappa shape index (κ3) is 2.29. The fraction of sp³-hybridized carbons (Fsp3) is 0.667. The first kappa shape index (κ1) is 14.1. The van der Waals surface area contributed by atoms with Crippen LogP contribution < -0.4 is 0 Å². The molecule has 2 aliphatic rings. The number of ether oxygens (including phenoxy) is 1. The third-order valence-electron chi connectivity index (χ3n) is 4.55. The molecule has 0 bridgehead atoms. The standard InChI is InChI=1S/C15H20O4/c1-3-11-12-9-10(5-4-6-14(17)18)15(12,19-2)8-7-13(11)16/h1,5,11-13,16H,4,6-9H2,2H3,(H,17,18). The molecule has 2 rings (SSSR count). The molecule has 0 aromatic rings. The molecular formula is C15H20O4. The number of methoxy groups -OCH3 is 1. The molecule has 0 heterocycles. The lowest BCUT2D eigenvalue weighted by Crippen LogP contribution is -2.59. The maximum absolute atomic E-state index is 10.5. The third-order valence-corrected chi connectivity index (χ3v) is 4.55. The monoisotopic (exact) mass is 264 g/mol. The fourth-order valence-electron chi connectivity index (χ4n) is 3.49. The first-order valence-electron chi connectivity index (χ1n) is 6.66. The first-order chi connectivity index (χ1) is 9.05. The van der Waals surface area contributed by atoms with E-state index in [1.807, 2.05) is 6.08 Å². The number of aliphatic carboxylic acids is 1. The van der Waals surface area contributed by atoms with Gasteiger partial charge in [-0.3, -0.25) is 4.79 Å². The lowest BCUT2D eigenvalue weighted by molar-refractivity contribution is -0.139. The van der Waals surface area contributed by atoms with Crippen molar-refractivity contribution in [2.45, 2.75) is 43.8 Å². The Morgan fingerprint density at radius 2 is 2.42 bits per heavy atom. The summed E-state index contributed by atoms with van der Waals surface area (Å²) in [4.78, 5) is 10.5. The van der Waals surface area contributed by atoms with Crippen LogP contribution in [-0.2, 0) is 9.53 Å². The lowest BCUT2D eigenvalue weighted by Gasteiger charge is -2.57. The predicted octanol–water partition coefficient (Wildman–Crippen LogP) is 1.59. The van der Waals surface area contributed by atoms with Gasteiger partial charge in [-0.05, 0) is 31.3 Å². The molecule has 4 nitrogen and oxygen atoms in total. The summed E-state index contributed by atoms with van der Waals surface area (Å²) < 4.78 is 5.71. The van der Waals surface area contributed by atoms with E-state index in [-0.39, 0.29) is 23.9 Å². The molecule has 0 radical (unpaired) electrons. The van der Waals surface area contributed by atoms with E-state index in [9.17, 15) is 9.90 Å². The molecule has 0 aromatic carbocycles. The second-order valence-corrected chi connectivity index (χ2v) is 5.36. The minimum absolute atomic E-state index is 0.134. The number of hydrogen-bond acceptors (Lipinski definition) is 3. The van der Waals surface area contributed by atoms with Gasteiger partial charge in [0.05, 0.1) is 17.6 Å². The van der Waals surface area contributed by atoms with Gasteiger partial charge in [0.15, 0.2) is 0 Å². The summed E-state index contributed by atoms with van der Waals surface area (Å²) in [5.74, 6) is 1.89. The van der Waals surface area contributed by atoms with Crippen molar-refractivity contribution in [2.75, 3.05) is 7.11 Å². The van der Waals surface area contributed by atoms with Crippen LogP contribution in [0.1, 0.15) is 32.1 Å². The highest BCUT2D eigenvalue weighted by Crippen LogP contribution is 2.56. The highest BCUT2D eigenvalue weighted by atomic mass is 16.5. The van der Waals surface area contributed by atoms with Gasteiger partial charge in [0.2, 0.25) is 0 Å². The van der Waals surface area contributed by atoms with Crippen molar-refractivity contribution in [3.05, 3.63) is 11.6 Å². The Hall–Kier alpha value is -1.31. The highest BCUT2D eigenvalue weighted by Gasteiger charge is 2.58. The topological polar surface area (TPSA) is 66.8 Å². The number of carbonyl (C=O) groups is 1. The molecule has 0 saturated heterocycles. The normalized spacial score (nSPS) is 39.2. The zero-order chi connectivity index (χ0) is 14.0. The van der Waals surface area contributed by atoms with E-state index >= 15 is 0 Å². The molecule has 0 spiro atoms. The summed E-state index contributed by atoms with van der Waals surface area (Å²) in [5.41, 5.74) is 0.780. The number of aliphatic hydroxyl groups is 1. The Morgan fingerprint density at radius 1 is 1.68 bits per heavy atom. The molecule has 0 amide bonds. The van der Waals surface area contributed by atoms with Gasteiger partial charge in [0.1, 0.15) is 0 Å². The van der Waals surface area contributed by atoms with Crippen LogP contribution in [-0.4, -0.2) is 35.0 Å². The van der Waals surface area contributed by atoms with Crippen LogP contribution >= 0.6 is 0 Å². The van der Waals surface area contributed by atoms with Crippen molar-refractivity contribution in [3.8, 4) is 12.3 Å².